The Morgan fingerprint density at radius 2 is 1.38 bits per heavy atom. The van der Waals surface area contributed by atoms with Gasteiger partial charge in [0.15, 0.2) is 0 Å². The van der Waals surface area contributed by atoms with Crippen LogP contribution < -0.4 is 0 Å². The number of benzene rings is 2. The normalized spacial score (nSPS) is 11.8. The molecule has 0 aliphatic carbocycles. The molecule has 0 aliphatic rings. The van der Waals surface area contributed by atoms with Crippen LogP contribution in [0.1, 0.15) is 43.7 Å². The molecule has 130 valence electrons. The van der Waals surface area contributed by atoms with Crippen molar-refractivity contribution in [1.82, 2.24) is 4.90 Å². The summed E-state index contributed by atoms with van der Waals surface area (Å²) in [5.74, 6) is 0. The van der Waals surface area contributed by atoms with Gasteiger partial charge in [0.25, 0.3) is 0 Å². The van der Waals surface area contributed by atoms with Gasteiger partial charge in [-0.2, -0.15) is 0 Å². The van der Waals surface area contributed by atoms with Gasteiger partial charge in [-0.1, -0.05) is 74.0 Å². The average Bonchev–Trinajstić information content (AvgIpc) is 2.62. The van der Waals surface area contributed by atoms with Crippen molar-refractivity contribution in [2.75, 3.05) is 27.2 Å². The first-order valence-corrected chi connectivity index (χ1v) is 9.09. The molecule has 0 saturated carbocycles. The van der Waals surface area contributed by atoms with Crippen LogP contribution in [0.4, 0.5) is 0 Å². The van der Waals surface area contributed by atoms with E-state index in [0.29, 0.717) is 0 Å². The predicted molar refractivity (Wildman–Crippen MR) is 102 cm³/mol. The Hall–Kier alpha value is -1.64. The molecule has 0 unspecified atom stereocenters. The van der Waals surface area contributed by atoms with Crippen molar-refractivity contribution in [2.24, 2.45) is 0 Å². The maximum Gasteiger partial charge on any atom is 0.118 e. The fourth-order valence-electron chi connectivity index (χ4n) is 3.14. The molecule has 0 atom stereocenters. The van der Waals surface area contributed by atoms with Crippen LogP contribution in [0.3, 0.4) is 0 Å². The maximum absolute atomic E-state index is 6.61. The lowest BCUT2D eigenvalue weighted by Gasteiger charge is -2.36. The third kappa shape index (κ3) is 4.93. The lowest BCUT2D eigenvalue weighted by molar-refractivity contribution is -0.0284. The second-order valence-electron chi connectivity index (χ2n) is 6.67. The molecule has 0 heterocycles. The van der Waals surface area contributed by atoms with E-state index in [4.69, 9.17) is 4.74 Å². The standard InChI is InChI=1S/C22H31NO/c1-4-5-19-24-22(17-12-18-23(2)3,20-13-8-6-9-14-20)21-15-10-7-11-16-21/h6-11,13-16H,4-5,12,17-19H2,1-3H3. The first-order valence-electron chi connectivity index (χ1n) is 9.09. The van der Waals surface area contributed by atoms with Gasteiger partial charge in [-0.3, -0.25) is 0 Å². The fourth-order valence-corrected chi connectivity index (χ4v) is 3.14. The van der Waals surface area contributed by atoms with E-state index in [1.807, 2.05) is 0 Å². The van der Waals surface area contributed by atoms with Gasteiger partial charge < -0.3 is 9.64 Å². The Morgan fingerprint density at radius 1 is 0.833 bits per heavy atom. The summed E-state index contributed by atoms with van der Waals surface area (Å²) in [7, 11) is 4.26. The topological polar surface area (TPSA) is 12.5 Å². The lowest BCUT2D eigenvalue weighted by atomic mass is 9.82. The number of ether oxygens (including phenoxy) is 1. The lowest BCUT2D eigenvalue weighted by Crippen LogP contribution is -2.33. The smallest absolute Gasteiger partial charge is 0.118 e. The number of hydrogen-bond donors (Lipinski definition) is 0. The molecule has 0 spiro atoms. The summed E-state index contributed by atoms with van der Waals surface area (Å²) in [4.78, 5) is 2.24. The molecule has 0 N–H and O–H groups in total. The maximum atomic E-state index is 6.61. The molecule has 0 bridgehead atoms. The molecule has 0 radical (unpaired) electrons. The van der Waals surface area contributed by atoms with Crippen molar-refractivity contribution in [3.63, 3.8) is 0 Å². The number of rotatable bonds is 10. The summed E-state index contributed by atoms with van der Waals surface area (Å²) in [6, 6.07) is 21.4. The van der Waals surface area contributed by atoms with Crippen LogP contribution in [-0.4, -0.2) is 32.1 Å². The Kier molecular flexibility index (Phi) is 7.48. The van der Waals surface area contributed by atoms with E-state index in [2.05, 4.69) is 86.6 Å². The zero-order valence-electron chi connectivity index (χ0n) is 15.4. The van der Waals surface area contributed by atoms with Crippen molar-refractivity contribution < 1.29 is 4.74 Å². The van der Waals surface area contributed by atoms with Gasteiger partial charge in [0.05, 0.1) is 0 Å². The van der Waals surface area contributed by atoms with Crippen LogP contribution in [0.25, 0.3) is 0 Å². The van der Waals surface area contributed by atoms with Crippen molar-refractivity contribution in [1.29, 1.82) is 0 Å². The second-order valence-corrected chi connectivity index (χ2v) is 6.67. The molecule has 0 saturated heterocycles. The number of unbranched alkanes of at least 4 members (excludes halogenated alkanes) is 1. The van der Waals surface area contributed by atoms with Gasteiger partial charge >= 0.3 is 0 Å². The van der Waals surface area contributed by atoms with Crippen molar-refractivity contribution in [3.8, 4) is 0 Å². The van der Waals surface area contributed by atoms with Gasteiger partial charge in [0.2, 0.25) is 0 Å². The molecule has 2 aromatic carbocycles. The molecular weight excluding hydrogens is 294 g/mol. The first-order chi connectivity index (χ1) is 11.7. The molecule has 2 aromatic rings. The summed E-state index contributed by atoms with van der Waals surface area (Å²) in [6.45, 7) is 4.07. The fraction of sp³-hybridized carbons (Fsp3) is 0.455. The van der Waals surface area contributed by atoms with E-state index < -0.39 is 0 Å². The van der Waals surface area contributed by atoms with Crippen LogP contribution in [0, 0.1) is 0 Å². The van der Waals surface area contributed by atoms with Crippen molar-refractivity contribution >= 4 is 0 Å². The largest absolute Gasteiger partial charge is 0.366 e. The number of nitrogens with zero attached hydrogens (tertiary/aromatic N) is 1. The van der Waals surface area contributed by atoms with Crippen LogP contribution in [0.5, 0.6) is 0 Å². The zero-order chi connectivity index (χ0) is 17.3. The van der Waals surface area contributed by atoms with Crippen molar-refractivity contribution in [3.05, 3.63) is 71.8 Å². The van der Waals surface area contributed by atoms with Gasteiger partial charge in [-0.05, 0) is 51.0 Å². The van der Waals surface area contributed by atoms with Crippen LogP contribution in [0.15, 0.2) is 60.7 Å². The minimum atomic E-state index is -0.353. The van der Waals surface area contributed by atoms with E-state index in [1.54, 1.807) is 0 Å². The van der Waals surface area contributed by atoms with Crippen LogP contribution in [0.2, 0.25) is 0 Å². The highest BCUT2D eigenvalue weighted by molar-refractivity contribution is 5.36. The number of hydrogen-bond acceptors (Lipinski definition) is 2. The molecule has 2 rings (SSSR count). The monoisotopic (exact) mass is 325 g/mol. The predicted octanol–water partition coefficient (Wildman–Crippen LogP) is 5.09. The summed E-state index contributed by atoms with van der Waals surface area (Å²) in [5, 5.41) is 0. The molecule has 0 aliphatic heterocycles. The third-order valence-electron chi connectivity index (χ3n) is 4.46. The molecule has 2 nitrogen and oxygen atoms in total. The summed E-state index contributed by atoms with van der Waals surface area (Å²) in [5.41, 5.74) is 2.16. The Bertz CT molecular complexity index is 526. The third-order valence-corrected chi connectivity index (χ3v) is 4.46. The molecule has 2 heteroatoms. The van der Waals surface area contributed by atoms with Gasteiger partial charge in [0.1, 0.15) is 5.60 Å². The van der Waals surface area contributed by atoms with E-state index in [-0.39, 0.29) is 5.60 Å². The minimum Gasteiger partial charge on any atom is -0.366 e. The molecular formula is C22H31NO. The van der Waals surface area contributed by atoms with Gasteiger partial charge in [-0.15, -0.1) is 0 Å². The van der Waals surface area contributed by atoms with Crippen LogP contribution >= 0.6 is 0 Å². The highest BCUT2D eigenvalue weighted by atomic mass is 16.5. The molecule has 24 heavy (non-hydrogen) atoms. The summed E-state index contributed by atoms with van der Waals surface area (Å²) in [6.07, 6.45) is 4.33. The van der Waals surface area contributed by atoms with Crippen LogP contribution in [-0.2, 0) is 10.3 Å². The highest BCUT2D eigenvalue weighted by Gasteiger charge is 2.34. The van der Waals surface area contributed by atoms with E-state index in [9.17, 15) is 0 Å². The average molecular weight is 325 g/mol. The quantitative estimate of drug-likeness (QED) is 0.564. The second kappa shape index (κ2) is 9.61. The summed E-state index contributed by atoms with van der Waals surface area (Å²) < 4.78 is 6.61. The molecule has 0 fully saturated rings. The highest BCUT2D eigenvalue weighted by Crippen LogP contribution is 2.38. The minimum absolute atomic E-state index is 0.353. The SMILES string of the molecule is CCCCOC(CCCN(C)C)(c1ccccc1)c1ccccc1. The molecule has 0 aromatic heterocycles. The van der Waals surface area contributed by atoms with E-state index in [0.717, 1.165) is 38.8 Å². The summed E-state index contributed by atoms with van der Waals surface area (Å²) >= 11 is 0. The molecule has 0 amide bonds. The van der Waals surface area contributed by atoms with Gasteiger partial charge in [-0.25, -0.2) is 0 Å². The van der Waals surface area contributed by atoms with E-state index in [1.165, 1.54) is 11.1 Å². The Labute approximate surface area is 147 Å². The Balaban J connectivity index is 2.38. The first kappa shape index (κ1) is 18.7. The van der Waals surface area contributed by atoms with E-state index >= 15 is 0 Å². The van der Waals surface area contributed by atoms with Gasteiger partial charge in [0, 0.05) is 6.61 Å². The Morgan fingerprint density at radius 3 is 1.83 bits per heavy atom. The zero-order valence-corrected chi connectivity index (χ0v) is 15.4. The van der Waals surface area contributed by atoms with Crippen molar-refractivity contribution in [2.45, 2.75) is 38.2 Å².